The van der Waals surface area contributed by atoms with Crippen molar-refractivity contribution in [2.24, 2.45) is 0 Å². The van der Waals surface area contributed by atoms with Crippen molar-refractivity contribution in [1.82, 2.24) is 5.32 Å². The molecule has 0 aliphatic carbocycles. The van der Waals surface area contributed by atoms with Crippen LogP contribution in [0.3, 0.4) is 0 Å². The molecule has 3 aromatic rings. The van der Waals surface area contributed by atoms with Crippen LogP contribution in [0, 0.1) is 0 Å². The maximum atomic E-state index is 12.2. The van der Waals surface area contributed by atoms with Crippen LogP contribution in [0.15, 0.2) is 72.8 Å². The molecular weight excluding hydrogens is 470 g/mol. The number of alkyl carbamates (subject to hydrolysis) is 1. The Bertz CT molecular complexity index is 1120. The number of ether oxygens (including phenoxy) is 4. The summed E-state index contributed by atoms with van der Waals surface area (Å²) in [6.07, 6.45) is -0.445. The van der Waals surface area contributed by atoms with E-state index in [4.69, 9.17) is 30.5 Å². The summed E-state index contributed by atoms with van der Waals surface area (Å²) in [6.45, 7) is 5.25. The summed E-state index contributed by atoms with van der Waals surface area (Å²) in [6, 6.07) is 20.7. The minimum atomic E-state index is -0.880. The molecule has 0 bridgehead atoms. The lowest BCUT2D eigenvalue weighted by Gasteiger charge is -2.22. The third-order valence-electron chi connectivity index (χ3n) is 4.65. The van der Waals surface area contributed by atoms with Gasteiger partial charge in [-0.15, -0.1) is 0 Å². The molecule has 1 unspecified atom stereocenters. The second-order valence-electron chi connectivity index (χ2n) is 8.70. The first-order valence-electron chi connectivity index (χ1n) is 11.0. The van der Waals surface area contributed by atoms with Gasteiger partial charge in [-0.3, -0.25) is 0 Å². The SMILES string of the molecule is COC(=O)C(Cc1ccc(Oc2ccc(Oc3ccc(Cl)cc3)cc2)cc1)NC(=O)OC(C)(C)C. The van der Waals surface area contributed by atoms with E-state index < -0.39 is 23.7 Å². The van der Waals surface area contributed by atoms with Crippen molar-refractivity contribution in [1.29, 1.82) is 0 Å². The predicted octanol–water partition coefficient (Wildman–Crippen LogP) is 6.53. The third kappa shape index (κ3) is 8.54. The van der Waals surface area contributed by atoms with Gasteiger partial charge in [-0.2, -0.15) is 0 Å². The summed E-state index contributed by atoms with van der Waals surface area (Å²) in [5.74, 6) is 2.05. The Morgan fingerprint density at radius 2 is 1.23 bits per heavy atom. The first-order valence-corrected chi connectivity index (χ1v) is 11.4. The van der Waals surface area contributed by atoms with Gasteiger partial charge in [-0.1, -0.05) is 23.7 Å². The molecule has 1 amide bonds. The Morgan fingerprint density at radius 1 is 0.800 bits per heavy atom. The topological polar surface area (TPSA) is 83.1 Å². The monoisotopic (exact) mass is 497 g/mol. The second-order valence-corrected chi connectivity index (χ2v) is 9.14. The normalized spacial score (nSPS) is 11.8. The number of halogens is 1. The molecule has 0 fully saturated rings. The van der Waals surface area contributed by atoms with Gasteiger partial charge >= 0.3 is 12.1 Å². The van der Waals surface area contributed by atoms with E-state index in [9.17, 15) is 9.59 Å². The number of methoxy groups -OCH3 is 1. The first-order chi connectivity index (χ1) is 16.6. The summed E-state index contributed by atoms with van der Waals surface area (Å²) >= 11 is 5.89. The zero-order valence-corrected chi connectivity index (χ0v) is 20.8. The highest BCUT2D eigenvalue weighted by Crippen LogP contribution is 2.27. The number of nitrogens with one attached hydrogen (secondary N) is 1. The van der Waals surface area contributed by atoms with E-state index >= 15 is 0 Å². The number of carbonyl (C=O) groups excluding carboxylic acids is 2. The van der Waals surface area contributed by atoms with Gasteiger partial charge in [-0.25, -0.2) is 9.59 Å². The molecule has 3 rings (SSSR count). The molecule has 1 atom stereocenters. The third-order valence-corrected chi connectivity index (χ3v) is 4.90. The van der Waals surface area contributed by atoms with Gasteiger partial charge in [0.15, 0.2) is 0 Å². The Hall–Kier alpha value is -3.71. The molecule has 3 aromatic carbocycles. The number of carbonyl (C=O) groups is 2. The lowest BCUT2D eigenvalue weighted by molar-refractivity contribution is -0.143. The summed E-state index contributed by atoms with van der Waals surface area (Å²) in [5, 5.41) is 3.21. The van der Waals surface area contributed by atoms with Gasteiger partial charge in [0.1, 0.15) is 34.6 Å². The zero-order valence-electron chi connectivity index (χ0n) is 20.0. The van der Waals surface area contributed by atoms with Crippen molar-refractivity contribution < 1.29 is 28.5 Å². The van der Waals surface area contributed by atoms with E-state index in [1.54, 1.807) is 69.3 Å². The van der Waals surface area contributed by atoms with Crippen LogP contribution in [0.2, 0.25) is 5.02 Å². The highest BCUT2D eigenvalue weighted by molar-refractivity contribution is 6.30. The quantitative estimate of drug-likeness (QED) is 0.356. The van der Waals surface area contributed by atoms with Crippen LogP contribution in [0.1, 0.15) is 26.3 Å². The molecule has 0 aliphatic rings. The van der Waals surface area contributed by atoms with E-state index in [1.807, 2.05) is 24.3 Å². The first kappa shape index (κ1) is 25.9. The highest BCUT2D eigenvalue weighted by Gasteiger charge is 2.25. The van der Waals surface area contributed by atoms with Gasteiger partial charge < -0.3 is 24.3 Å². The van der Waals surface area contributed by atoms with Crippen molar-refractivity contribution in [3.63, 3.8) is 0 Å². The number of hydrogen-bond acceptors (Lipinski definition) is 6. The maximum Gasteiger partial charge on any atom is 0.408 e. The fourth-order valence-corrected chi connectivity index (χ4v) is 3.19. The second kappa shape index (κ2) is 11.6. The van der Waals surface area contributed by atoms with Gasteiger partial charge in [0.25, 0.3) is 0 Å². The number of amides is 1. The molecule has 184 valence electrons. The van der Waals surface area contributed by atoms with Gasteiger partial charge in [0, 0.05) is 11.4 Å². The molecule has 0 aromatic heterocycles. The number of benzene rings is 3. The Balaban J connectivity index is 1.58. The molecule has 8 heteroatoms. The van der Waals surface area contributed by atoms with Gasteiger partial charge in [0.05, 0.1) is 7.11 Å². The van der Waals surface area contributed by atoms with Crippen molar-refractivity contribution >= 4 is 23.7 Å². The van der Waals surface area contributed by atoms with Crippen molar-refractivity contribution in [3.05, 3.63) is 83.4 Å². The summed E-state index contributed by atoms with van der Waals surface area (Å²) in [4.78, 5) is 24.3. The highest BCUT2D eigenvalue weighted by atomic mass is 35.5. The van der Waals surface area contributed by atoms with Crippen molar-refractivity contribution in [3.8, 4) is 23.0 Å². The molecule has 1 N–H and O–H groups in total. The van der Waals surface area contributed by atoms with Crippen molar-refractivity contribution in [2.75, 3.05) is 7.11 Å². The molecule has 0 saturated heterocycles. The number of esters is 1. The lowest BCUT2D eigenvalue weighted by atomic mass is 10.1. The number of hydrogen-bond donors (Lipinski definition) is 1. The van der Waals surface area contributed by atoms with Crippen LogP contribution in [-0.4, -0.2) is 30.8 Å². The van der Waals surface area contributed by atoms with E-state index in [-0.39, 0.29) is 6.42 Å². The minimum Gasteiger partial charge on any atom is -0.467 e. The van der Waals surface area contributed by atoms with Crippen molar-refractivity contribution in [2.45, 2.75) is 38.8 Å². The molecule has 0 saturated carbocycles. The van der Waals surface area contributed by atoms with E-state index in [0.29, 0.717) is 28.0 Å². The average Bonchev–Trinajstić information content (AvgIpc) is 2.81. The van der Waals surface area contributed by atoms with Crippen LogP contribution in [0.25, 0.3) is 0 Å². The average molecular weight is 498 g/mol. The molecular formula is C27H28ClNO6. The van der Waals surface area contributed by atoms with Crippen LogP contribution < -0.4 is 14.8 Å². The molecule has 0 heterocycles. The molecule has 7 nitrogen and oxygen atoms in total. The van der Waals surface area contributed by atoms with Crippen LogP contribution >= 0.6 is 11.6 Å². The zero-order chi connectivity index (χ0) is 25.4. The lowest BCUT2D eigenvalue weighted by Crippen LogP contribution is -2.45. The van der Waals surface area contributed by atoms with Gasteiger partial charge in [-0.05, 0) is 87.0 Å². The largest absolute Gasteiger partial charge is 0.467 e. The molecule has 0 aliphatic heterocycles. The van der Waals surface area contributed by atoms with Gasteiger partial charge in [0.2, 0.25) is 0 Å². The van der Waals surface area contributed by atoms with Crippen LogP contribution in [0.4, 0.5) is 4.79 Å². The summed E-state index contributed by atoms with van der Waals surface area (Å²) in [7, 11) is 1.27. The predicted molar refractivity (Wildman–Crippen MR) is 133 cm³/mol. The standard InChI is InChI=1S/C27H28ClNO6/c1-27(2,3)35-26(31)29-24(25(30)32-4)17-18-5-9-20(10-6-18)33-22-13-15-23(16-14-22)34-21-11-7-19(28)8-12-21/h5-16,24H,17H2,1-4H3,(H,29,31). The maximum absolute atomic E-state index is 12.2. The minimum absolute atomic E-state index is 0.239. The Kier molecular flexibility index (Phi) is 8.60. The number of rotatable bonds is 8. The summed E-state index contributed by atoms with van der Waals surface area (Å²) in [5.41, 5.74) is 0.139. The van der Waals surface area contributed by atoms with E-state index in [2.05, 4.69) is 5.32 Å². The van der Waals surface area contributed by atoms with Crippen LogP contribution in [-0.2, 0) is 20.7 Å². The summed E-state index contributed by atoms with van der Waals surface area (Å²) < 4.78 is 21.7. The fourth-order valence-electron chi connectivity index (χ4n) is 3.07. The van der Waals surface area contributed by atoms with E-state index in [0.717, 1.165) is 5.56 Å². The Labute approximate surface area is 209 Å². The Morgan fingerprint density at radius 3 is 1.66 bits per heavy atom. The van der Waals surface area contributed by atoms with E-state index in [1.165, 1.54) is 7.11 Å². The smallest absolute Gasteiger partial charge is 0.408 e. The molecule has 35 heavy (non-hydrogen) atoms. The van der Waals surface area contributed by atoms with Crippen LogP contribution in [0.5, 0.6) is 23.0 Å². The molecule has 0 radical (unpaired) electrons. The fraction of sp³-hybridized carbons (Fsp3) is 0.259. The molecule has 0 spiro atoms.